The van der Waals surface area contributed by atoms with Crippen LogP contribution in [0.3, 0.4) is 0 Å². The third-order valence-corrected chi connectivity index (χ3v) is 2.63. The van der Waals surface area contributed by atoms with E-state index in [1.807, 2.05) is 24.1 Å². The van der Waals surface area contributed by atoms with Crippen molar-refractivity contribution in [2.24, 2.45) is 0 Å². The average molecular weight is 226 g/mol. The lowest BCUT2D eigenvalue weighted by molar-refractivity contribution is 0.866. The number of hydrogen-bond acceptors (Lipinski definition) is 2. The predicted molar refractivity (Wildman–Crippen MR) is 72.8 cm³/mol. The van der Waals surface area contributed by atoms with Crippen LogP contribution in [0.5, 0.6) is 0 Å². The van der Waals surface area contributed by atoms with Crippen molar-refractivity contribution < 1.29 is 0 Å². The summed E-state index contributed by atoms with van der Waals surface area (Å²) < 4.78 is 0. The summed E-state index contributed by atoms with van der Waals surface area (Å²) in [7, 11) is 1.93. The molecule has 0 aliphatic carbocycles. The Hall–Kier alpha value is -2.01. The summed E-state index contributed by atoms with van der Waals surface area (Å²) in [6, 6.07) is 10.4. The molecule has 1 rings (SSSR count). The Morgan fingerprint density at radius 3 is 2.71 bits per heavy atom. The molecule has 0 amide bonds. The summed E-state index contributed by atoms with van der Waals surface area (Å²) in [6.45, 7) is 7.94. The predicted octanol–water partition coefficient (Wildman–Crippen LogP) is 3.84. The van der Waals surface area contributed by atoms with Gasteiger partial charge < -0.3 is 4.90 Å². The van der Waals surface area contributed by atoms with Gasteiger partial charge in [-0.1, -0.05) is 38.6 Å². The van der Waals surface area contributed by atoms with E-state index >= 15 is 0 Å². The maximum absolute atomic E-state index is 8.85. The second kappa shape index (κ2) is 5.91. The number of allylic oxidation sites excluding steroid dienone is 2. The van der Waals surface area contributed by atoms with E-state index < -0.39 is 0 Å². The molecule has 0 aliphatic rings. The summed E-state index contributed by atoms with van der Waals surface area (Å²) in [5, 5.41) is 8.85. The molecule has 1 aromatic rings. The molecule has 0 saturated heterocycles. The molecule has 0 bridgehead atoms. The monoisotopic (exact) mass is 226 g/mol. The highest BCUT2D eigenvalue weighted by Crippen LogP contribution is 2.21. The molecule has 0 N–H and O–H groups in total. The molecule has 0 unspecified atom stereocenters. The number of rotatable bonds is 4. The molecule has 1 aromatic carbocycles. The van der Waals surface area contributed by atoms with Crippen LogP contribution >= 0.6 is 0 Å². The van der Waals surface area contributed by atoms with Crippen LogP contribution in [-0.2, 0) is 0 Å². The van der Waals surface area contributed by atoms with E-state index in [2.05, 4.69) is 38.6 Å². The Bertz CT molecular complexity index is 464. The minimum atomic E-state index is 0.502. The highest BCUT2D eigenvalue weighted by atomic mass is 15.1. The number of anilines is 1. The first kappa shape index (κ1) is 13.1. The number of nitriles is 1. The lowest BCUT2D eigenvalue weighted by atomic mass is 10.0. The van der Waals surface area contributed by atoms with Crippen molar-refractivity contribution >= 4 is 5.69 Å². The molecule has 2 nitrogen and oxygen atoms in total. The van der Waals surface area contributed by atoms with E-state index in [9.17, 15) is 0 Å². The van der Waals surface area contributed by atoms with Crippen LogP contribution < -0.4 is 4.90 Å². The summed E-state index contributed by atoms with van der Waals surface area (Å²) in [6.07, 6.45) is 3.34. The fraction of sp³-hybridized carbons (Fsp3) is 0.267. The van der Waals surface area contributed by atoms with E-state index in [-0.39, 0.29) is 0 Å². The summed E-state index contributed by atoms with van der Waals surface area (Å²) in [5.74, 6) is 0.502. The largest absolute Gasteiger partial charge is 0.350 e. The van der Waals surface area contributed by atoms with Gasteiger partial charge in [0.15, 0.2) is 0 Å². The van der Waals surface area contributed by atoms with Gasteiger partial charge in [-0.3, -0.25) is 0 Å². The van der Waals surface area contributed by atoms with E-state index in [0.29, 0.717) is 11.5 Å². The van der Waals surface area contributed by atoms with Gasteiger partial charge in [-0.25, -0.2) is 0 Å². The second-order valence-electron chi connectivity index (χ2n) is 4.26. The highest BCUT2D eigenvalue weighted by molar-refractivity contribution is 5.53. The lowest BCUT2D eigenvalue weighted by Gasteiger charge is -2.16. The molecule has 0 aliphatic heterocycles. The molecule has 0 radical (unpaired) electrons. The number of nitrogens with zero attached hydrogens (tertiary/aromatic N) is 2. The van der Waals surface area contributed by atoms with Crippen molar-refractivity contribution in [3.05, 3.63) is 54.3 Å². The van der Waals surface area contributed by atoms with Crippen molar-refractivity contribution in [3.8, 4) is 6.07 Å². The SMILES string of the molecule is C=C/C(C#N)=C\N(C)c1cccc(C(C)C)c1. The molecule has 0 atom stereocenters. The van der Waals surface area contributed by atoms with Crippen molar-refractivity contribution in [3.63, 3.8) is 0 Å². The number of hydrogen-bond donors (Lipinski definition) is 0. The second-order valence-corrected chi connectivity index (χ2v) is 4.26. The fourth-order valence-electron chi connectivity index (χ4n) is 1.51. The van der Waals surface area contributed by atoms with Gasteiger partial charge in [0.2, 0.25) is 0 Å². The van der Waals surface area contributed by atoms with Crippen molar-refractivity contribution in [1.29, 1.82) is 5.26 Å². The molecule has 88 valence electrons. The molecule has 0 spiro atoms. The molecule has 0 saturated carbocycles. The zero-order chi connectivity index (χ0) is 12.8. The normalized spacial score (nSPS) is 11.1. The topological polar surface area (TPSA) is 27.0 Å². The molecular formula is C15H18N2. The van der Waals surface area contributed by atoms with E-state index in [0.717, 1.165) is 5.69 Å². The van der Waals surface area contributed by atoms with Gasteiger partial charge in [-0.15, -0.1) is 0 Å². The van der Waals surface area contributed by atoms with Gasteiger partial charge in [0.25, 0.3) is 0 Å². The Morgan fingerprint density at radius 2 is 2.18 bits per heavy atom. The first-order chi connectivity index (χ1) is 8.08. The average Bonchev–Trinajstić information content (AvgIpc) is 2.35. The summed E-state index contributed by atoms with van der Waals surface area (Å²) >= 11 is 0. The van der Waals surface area contributed by atoms with Crippen molar-refractivity contribution in [2.45, 2.75) is 19.8 Å². The Morgan fingerprint density at radius 1 is 1.47 bits per heavy atom. The third-order valence-electron chi connectivity index (χ3n) is 2.63. The van der Waals surface area contributed by atoms with E-state index in [4.69, 9.17) is 5.26 Å². The Kier molecular flexibility index (Phi) is 4.54. The van der Waals surface area contributed by atoms with Crippen LogP contribution in [0.15, 0.2) is 48.7 Å². The van der Waals surface area contributed by atoms with Crippen LogP contribution in [0.1, 0.15) is 25.3 Å². The lowest BCUT2D eigenvalue weighted by Crippen LogP contribution is -2.09. The maximum atomic E-state index is 8.85. The molecule has 0 aromatic heterocycles. The molecule has 0 fully saturated rings. The molecule has 0 heterocycles. The molecule has 2 heteroatoms. The van der Waals surface area contributed by atoms with Crippen molar-refractivity contribution in [2.75, 3.05) is 11.9 Å². The van der Waals surface area contributed by atoms with Crippen LogP contribution in [0.25, 0.3) is 0 Å². The summed E-state index contributed by atoms with van der Waals surface area (Å²) in [5.41, 5.74) is 2.92. The summed E-state index contributed by atoms with van der Waals surface area (Å²) in [4.78, 5) is 1.94. The fourth-order valence-corrected chi connectivity index (χ4v) is 1.51. The van der Waals surface area contributed by atoms with Gasteiger partial charge in [0, 0.05) is 18.9 Å². The van der Waals surface area contributed by atoms with Gasteiger partial charge in [0.05, 0.1) is 5.57 Å². The Balaban J connectivity index is 3.01. The molecule has 17 heavy (non-hydrogen) atoms. The van der Waals surface area contributed by atoms with Gasteiger partial charge in [0.1, 0.15) is 6.07 Å². The van der Waals surface area contributed by atoms with Crippen LogP contribution in [-0.4, -0.2) is 7.05 Å². The molecular weight excluding hydrogens is 208 g/mol. The third kappa shape index (κ3) is 3.49. The quantitative estimate of drug-likeness (QED) is 0.576. The standard InChI is InChI=1S/C15H18N2/c1-5-13(10-16)11-17(4)15-8-6-7-14(9-15)12(2)3/h5-9,11-12H,1H2,2-4H3/b13-11+. The zero-order valence-electron chi connectivity index (χ0n) is 10.6. The van der Waals surface area contributed by atoms with E-state index in [1.54, 1.807) is 12.3 Å². The van der Waals surface area contributed by atoms with Gasteiger partial charge in [-0.2, -0.15) is 5.26 Å². The van der Waals surface area contributed by atoms with Crippen molar-refractivity contribution in [1.82, 2.24) is 0 Å². The smallest absolute Gasteiger partial charge is 0.101 e. The highest BCUT2D eigenvalue weighted by Gasteiger charge is 2.03. The Labute approximate surface area is 103 Å². The van der Waals surface area contributed by atoms with Crippen LogP contribution in [0.2, 0.25) is 0 Å². The number of benzene rings is 1. The van der Waals surface area contributed by atoms with Gasteiger partial charge in [-0.05, 0) is 23.6 Å². The van der Waals surface area contributed by atoms with Crippen LogP contribution in [0, 0.1) is 11.3 Å². The maximum Gasteiger partial charge on any atom is 0.101 e. The minimum absolute atomic E-state index is 0.502. The van der Waals surface area contributed by atoms with E-state index in [1.165, 1.54) is 5.56 Å². The minimum Gasteiger partial charge on any atom is -0.350 e. The van der Waals surface area contributed by atoms with Crippen LogP contribution in [0.4, 0.5) is 5.69 Å². The van der Waals surface area contributed by atoms with Gasteiger partial charge >= 0.3 is 0 Å². The first-order valence-corrected chi connectivity index (χ1v) is 5.65. The first-order valence-electron chi connectivity index (χ1n) is 5.65. The zero-order valence-corrected chi connectivity index (χ0v) is 10.6.